The molecular formula is C14H26F2IN5. The summed E-state index contributed by atoms with van der Waals surface area (Å²) in [6.07, 6.45) is 4.82. The molecule has 1 rings (SSSR count). The second-order valence-corrected chi connectivity index (χ2v) is 4.79. The van der Waals surface area contributed by atoms with Crippen molar-refractivity contribution in [3.05, 3.63) is 18.2 Å². The van der Waals surface area contributed by atoms with Crippen LogP contribution in [0, 0.1) is 5.92 Å². The summed E-state index contributed by atoms with van der Waals surface area (Å²) < 4.78 is 26.3. The van der Waals surface area contributed by atoms with E-state index in [1.165, 1.54) is 12.4 Å². The van der Waals surface area contributed by atoms with Crippen LogP contribution in [0.15, 0.2) is 17.4 Å². The normalized spacial score (nSPS) is 11.7. The number of hydrogen-bond donors (Lipinski definition) is 2. The number of nitrogens with zero attached hydrogens (tertiary/aromatic N) is 3. The summed E-state index contributed by atoms with van der Waals surface area (Å²) in [5.41, 5.74) is 0. The topological polar surface area (TPSA) is 54.2 Å². The van der Waals surface area contributed by atoms with E-state index in [0.717, 1.165) is 30.5 Å². The van der Waals surface area contributed by atoms with Gasteiger partial charge in [-0.15, -0.1) is 24.0 Å². The van der Waals surface area contributed by atoms with Gasteiger partial charge in [0.15, 0.2) is 5.96 Å². The third-order valence-electron chi connectivity index (χ3n) is 3.39. The Bertz CT molecular complexity index is 433. The molecule has 1 heterocycles. The Balaban J connectivity index is 0.00000441. The molecule has 0 spiro atoms. The molecule has 1 aromatic rings. The Labute approximate surface area is 148 Å². The second kappa shape index (κ2) is 11.6. The number of hydrogen-bond acceptors (Lipinski definition) is 2. The van der Waals surface area contributed by atoms with Gasteiger partial charge in [0, 0.05) is 25.5 Å². The van der Waals surface area contributed by atoms with E-state index >= 15 is 0 Å². The summed E-state index contributed by atoms with van der Waals surface area (Å²) >= 11 is 0. The highest BCUT2D eigenvalue weighted by atomic mass is 127. The summed E-state index contributed by atoms with van der Waals surface area (Å²) in [6, 6.07) is 0. The first-order chi connectivity index (χ1) is 10.1. The van der Waals surface area contributed by atoms with Crippen molar-refractivity contribution in [2.24, 2.45) is 10.9 Å². The molecular weight excluding hydrogens is 403 g/mol. The molecule has 128 valence electrons. The van der Waals surface area contributed by atoms with Crippen LogP contribution in [-0.4, -0.2) is 28.6 Å². The van der Waals surface area contributed by atoms with Gasteiger partial charge < -0.3 is 10.6 Å². The van der Waals surface area contributed by atoms with E-state index in [9.17, 15) is 8.78 Å². The van der Waals surface area contributed by atoms with Crippen LogP contribution in [0.25, 0.3) is 0 Å². The minimum atomic E-state index is -2.59. The number of nitrogens with one attached hydrogen (secondary N) is 2. The Morgan fingerprint density at radius 1 is 1.27 bits per heavy atom. The molecule has 8 heteroatoms. The average molecular weight is 429 g/mol. The molecule has 1 aromatic heterocycles. The number of halogens is 3. The van der Waals surface area contributed by atoms with Crippen LogP contribution in [0.5, 0.6) is 0 Å². The lowest BCUT2D eigenvalue weighted by molar-refractivity contribution is 0.0671. The minimum Gasteiger partial charge on any atom is -0.357 e. The molecule has 0 atom stereocenters. The van der Waals surface area contributed by atoms with Crippen LogP contribution in [0.1, 0.15) is 46.0 Å². The van der Waals surface area contributed by atoms with Crippen molar-refractivity contribution >= 4 is 29.9 Å². The maximum atomic E-state index is 12.7. The zero-order chi connectivity index (χ0) is 15.7. The van der Waals surface area contributed by atoms with Crippen molar-refractivity contribution in [2.75, 3.05) is 13.1 Å². The van der Waals surface area contributed by atoms with Crippen LogP contribution < -0.4 is 10.6 Å². The predicted molar refractivity (Wildman–Crippen MR) is 95.8 cm³/mol. The molecule has 5 nitrogen and oxygen atoms in total. The molecule has 0 aliphatic rings. The lowest BCUT2D eigenvalue weighted by Gasteiger charge is -2.16. The molecule has 0 bridgehead atoms. The highest BCUT2D eigenvalue weighted by molar-refractivity contribution is 14.0. The smallest absolute Gasteiger partial charge is 0.319 e. The summed E-state index contributed by atoms with van der Waals surface area (Å²) in [7, 11) is 0. The number of alkyl halides is 2. The van der Waals surface area contributed by atoms with Crippen molar-refractivity contribution in [1.82, 2.24) is 20.2 Å². The highest BCUT2D eigenvalue weighted by Crippen LogP contribution is 2.12. The third kappa shape index (κ3) is 6.89. The van der Waals surface area contributed by atoms with Crippen LogP contribution in [-0.2, 0) is 6.54 Å². The van der Waals surface area contributed by atoms with Gasteiger partial charge in [-0.25, -0.2) is 9.98 Å². The molecule has 0 saturated carbocycles. The van der Waals surface area contributed by atoms with Crippen LogP contribution in [0.3, 0.4) is 0 Å². The Morgan fingerprint density at radius 3 is 2.50 bits per heavy atom. The van der Waals surface area contributed by atoms with Crippen molar-refractivity contribution in [1.29, 1.82) is 0 Å². The average Bonchev–Trinajstić information content (AvgIpc) is 2.94. The Hall–Kier alpha value is -0.930. The SMILES string of the molecule is CCNC(=NCc1nccn1C(F)F)NCC(CC)CC.I. The quantitative estimate of drug-likeness (QED) is 0.379. The fraction of sp³-hybridized carbons (Fsp3) is 0.714. The van der Waals surface area contributed by atoms with Crippen LogP contribution >= 0.6 is 24.0 Å². The lowest BCUT2D eigenvalue weighted by Crippen LogP contribution is -2.39. The lowest BCUT2D eigenvalue weighted by atomic mass is 10.0. The van der Waals surface area contributed by atoms with Gasteiger partial charge in [-0.1, -0.05) is 26.7 Å². The predicted octanol–water partition coefficient (Wildman–Crippen LogP) is 3.39. The van der Waals surface area contributed by atoms with Gasteiger partial charge in [-0.2, -0.15) is 8.78 Å². The van der Waals surface area contributed by atoms with Crippen LogP contribution in [0.2, 0.25) is 0 Å². The van der Waals surface area contributed by atoms with E-state index in [1.54, 1.807) is 0 Å². The van der Waals surface area contributed by atoms with E-state index in [1.807, 2.05) is 6.92 Å². The largest absolute Gasteiger partial charge is 0.357 e. The fourth-order valence-electron chi connectivity index (χ4n) is 1.95. The summed E-state index contributed by atoms with van der Waals surface area (Å²) in [4.78, 5) is 8.23. The van der Waals surface area contributed by atoms with Crippen molar-refractivity contribution in [3.8, 4) is 0 Å². The van der Waals surface area contributed by atoms with Crippen molar-refractivity contribution in [3.63, 3.8) is 0 Å². The highest BCUT2D eigenvalue weighted by Gasteiger charge is 2.11. The number of imidazole rings is 1. The molecule has 0 aromatic carbocycles. The maximum absolute atomic E-state index is 12.7. The number of aromatic nitrogens is 2. The number of rotatable bonds is 8. The fourth-order valence-corrected chi connectivity index (χ4v) is 1.95. The van der Waals surface area contributed by atoms with E-state index in [4.69, 9.17) is 0 Å². The van der Waals surface area contributed by atoms with E-state index < -0.39 is 6.55 Å². The summed E-state index contributed by atoms with van der Waals surface area (Å²) in [6.45, 7) is 5.35. The Morgan fingerprint density at radius 2 is 1.95 bits per heavy atom. The molecule has 0 fully saturated rings. The molecule has 2 N–H and O–H groups in total. The second-order valence-electron chi connectivity index (χ2n) is 4.79. The zero-order valence-corrected chi connectivity index (χ0v) is 15.7. The van der Waals surface area contributed by atoms with E-state index in [0.29, 0.717) is 11.9 Å². The van der Waals surface area contributed by atoms with Gasteiger partial charge in [0.2, 0.25) is 0 Å². The van der Waals surface area contributed by atoms with Crippen molar-refractivity contribution < 1.29 is 8.78 Å². The van der Waals surface area contributed by atoms with Gasteiger partial charge >= 0.3 is 6.55 Å². The van der Waals surface area contributed by atoms with Gasteiger partial charge in [0.05, 0.1) is 0 Å². The summed E-state index contributed by atoms with van der Waals surface area (Å²) in [5, 5.41) is 6.36. The Kier molecular flexibility index (Phi) is 11.1. The first-order valence-corrected chi connectivity index (χ1v) is 7.44. The molecule has 0 amide bonds. The first-order valence-electron chi connectivity index (χ1n) is 7.44. The third-order valence-corrected chi connectivity index (χ3v) is 3.39. The number of aliphatic imine (C=N–C) groups is 1. The van der Waals surface area contributed by atoms with E-state index in [2.05, 4.69) is 34.5 Å². The molecule has 0 aliphatic heterocycles. The molecule has 0 saturated heterocycles. The monoisotopic (exact) mass is 429 g/mol. The van der Waals surface area contributed by atoms with Gasteiger partial charge in [-0.05, 0) is 12.8 Å². The molecule has 0 radical (unpaired) electrons. The first kappa shape index (κ1) is 21.1. The molecule has 22 heavy (non-hydrogen) atoms. The summed E-state index contributed by atoms with van der Waals surface area (Å²) in [5.74, 6) is 1.47. The maximum Gasteiger partial charge on any atom is 0.319 e. The van der Waals surface area contributed by atoms with E-state index in [-0.39, 0.29) is 36.3 Å². The molecule has 0 unspecified atom stereocenters. The van der Waals surface area contributed by atoms with Gasteiger partial charge in [0.25, 0.3) is 0 Å². The van der Waals surface area contributed by atoms with Crippen LogP contribution in [0.4, 0.5) is 8.78 Å². The van der Waals surface area contributed by atoms with Gasteiger partial charge in [0.1, 0.15) is 12.4 Å². The zero-order valence-electron chi connectivity index (χ0n) is 13.4. The van der Waals surface area contributed by atoms with Gasteiger partial charge in [-0.3, -0.25) is 4.57 Å². The van der Waals surface area contributed by atoms with Crippen molar-refractivity contribution in [2.45, 2.75) is 46.7 Å². The standard InChI is InChI=1S/C14H25F2N5.HI/c1-4-11(5-2)9-19-14(17-6-3)20-10-12-18-7-8-21(12)13(15)16;/h7-8,11,13H,4-6,9-10H2,1-3H3,(H2,17,19,20);1H. The number of guanidine groups is 1. The molecule has 0 aliphatic carbocycles. The minimum absolute atomic E-state index is 0.